The standard InChI is InChI=1S/C6H11IO4/c1-5(7)11-6(8)10-4-3-9-2/h5H,3-4H2,1-2H3. The fourth-order valence-corrected chi connectivity index (χ4v) is 0.583. The van der Waals surface area contributed by atoms with Gasteiger partial charge < -0.3 is 14.2 Å². The van der Waals surface area contributed by atoms with Crippen molar-refractivity contribution < 1.29 is 19.0 Å². The second-order valence-corrected chi connectivity index (χ2v) is 3.51. The molecule has 0 bridgehead atoms. The molecule has 66 valence electrons. The molecule has 0 spiro atoms. The summed E-state index contributed by atoms with van der Waals surface area (Å²) in [7, 11) is 1.54. The largest absolute Gasteiger partial charge is 0.509 e. The highest BCUT2D eigenvalue weighted by atomic mass is 127. The summed E-state index contributed by atoms with van der Waals surface area (Å²) in [5.74, 6) is 0. The van der Waals surface area contributed by atoms with Crippen molar-refractivity contribution in [3.63, 3.8) is 0 Å². The van der Waals surface area contributed by atoms with Gasteiger partial charge in [0.15, 0.2) is 4.11 Å². The predicted octanol–water partition coefficient (Wildman–Crippen LogP) is 1.57. The predicted molar refractivity (Wildman–Crippen MR) is 47.8 cm³/mol. The van der Waals surface area contributed by atoms with Crippen LogP contribution in [-0.2, 0) is 14.2 Å². The van der Waals surface area contributed by atoms with Crippen LogP contribution < -0.4 is 0 Å². The number of alkyl halides is 1. The van der Waals surface area contributed by atoms with Gasteiger partial charge in [0.25, 0.3) is 0 Å². The Kier molecular flexibility index (Phi) is 6.63. The monoisotopic (exact) mass is 274 g/mol. The molecule has 1 atom stereocenters. The van der Waals surface area contributed by atoms with Crippen LogP contribution in [0.4, 0.5) is 4.79 Å². The molecule has 0 rings (SSSR count). The fraction of sp³-hybridized carbons (Fsp3) is 0.833. The molecule has 0 aliphatic heterocycles. The molecule has 1 unspecified atom stereocenters. The average Bonchev–Trinajstić information content (AvgIpc) is 1.86. The average molecular weight is 274 g/mol. The minimum Gasteiger partial charge on any atom is -0.432 e. The van der Waals surface area contributed by atoms with Crippen molar-refractivity contribution in [3.05, 3.63) is 0 Å². The number of carbonyl (C=O) groups excluding carboxylic acids is 1. The van der Waals surface area contributed by atoms with Crippen molar-refractivity contribution in [1.82, 2.24) is 0 Å². The molecule has 11 heavy (non-hydrogen) atoms. The molecule has 0 saturated heterocycles. The van der Waals surface area contributed by atoms with E-state index < -0.39 is 6.16 Å². The minimum atomic E-state index is -0.649. The van der Waals surface area contributed by atoms with Gasteiger partial charge in [-0.05, 0) is 29.5 Å². The molecule has 5 heteroatoms. The molecule has 0 aromatic heterocycles. The molecule has 0 amide bonds. The van der Waals surface area contributed by atoms with Gasteiger partial charge in [-0.1, -0.05) is 0 Å². The van der Waals surface area contributed by atoms with Crippen LogP contribution in [-0.4, -0.2) is 30.6 Å². The minimum absolute atomic E-state index is 0.164. The van der Waals surface area contributed by atoms with E-state index in [9.17, 15) is 4.79 Å². The zero-order valence-electron chi connectivity index (χ0n) is 6.50. The van der Waals surface area contributed by atoms with E-state index in [4.69, 9.17) is 0 Å². The van der Waals surface area contributed by atoms with Gasteiger partial charge in [-0.2, -0.15) is 0 Å². The molecular weight excluding hydrogens is 263 g/mol. The fourth-order valence-electron chi connectivity index (χ4n) is 0.375. The molecule has 0 saturated carbocycles. The molecule has 0 N–H and O–H groups in total. The van der Waals surface area contributed by atoms with Gasteiger partial charge in [-0.25, -0.2) is 4.79 Å². The Morgan fingerprint density at radius 3 is 2.64 bits per heavy atom. The van der Waals surface area contributed by atoms with E-state index in [1.54, 1.807) is 6.92 Å². The zero-order chi connectivity index (χ0) is 8.69. The Morgan fingerprint density at radius 2 is 2.18 bits per heavy atom. The molecule has 0 heterocycles. The molecule has 4 nitrogen and oxygen atoms in total. The van der Waals surface area contributed by atoms with Crippen LogP contribution >= 0.6 is 22.6 Å². The number of hydrogen-bond donors (Lipinski definition) is 0. The highest BCUT2D eigenvalue weighted by Crippen LogP contribution is 2.01. The van der Waals surface area contributed by atoms with Gasteiger partial charge in [0.05, 0.1) is 6.61 Å². The number of carbonyl (C=O) groups is 1. The lowest BCUT2D eigenvalue weighted by molar-refractivity contribution is 0.0362. The molecule has 0 aromatic rings. The Morgan fingerprint density at radius 1 is 1.55 bits per heavy atom. The normalized spacial score (nSPS) is 12.3. The van der Waals surface area contributed by atoms with E-state index in [0.717, 1.165) is 0 Å². The summed E-state index contributed by atoms with van der Waals surface area (Å²) in [5, 5.41) is 0. The maximum atomic E-state index is 10.6. The summed E-state index contributed by atoms with van der Waals surface area (Å²) in [6.07, 6.45) is -0.649. The molecule has 0 radical (unpaired) electrons. The number of rotatable bonds is 4. The highest BCUT2D eigenvalue weighted by Gasteiger charge is 2.05. The Labute approximate surface area is 79.3 Å². The third-order valence-corrected chi connectivity index (χ3v) is 1.02. The number of ether oxygens (including phenoxy) is 3. The van der Waals surface area contributed by atoms with Crippen molar-refractivity contribution in [1.29, 1.82) is 0 Å². The lowest BCUT2D eigenvalue weighted by Gasteiger charge is -2.06. The van der Waals surface area contributed by atoms with Gasteiger partial charge in [0.1, 0.15) is 6.61 Å². The van der Waals surface area contributed by atoms with Crippen LogP contribution in [0.25, 0.3) is 0 Å². The lowest BCUT2D eigenvalue weighted by Crippen LogP contribution is -2.13. The van der Waals surface area contributed by atoms with Gasteiger partial charge in [0.2, 0.25) is 0 Å². The highest BCUT2D eigenvalue weighted by molar-refractivity contribution is 14.1. The van der Waals surface area contributed by atoms with E-state index in [0.29, 0.717) is 6.61 Å². The van der Waals surface area contributed by atoms with Gasteiger partial charge >= 0.3 is 6.16 Å². The lowest BCUT2D eigenvalue weighted by atomic mass is 10.8. The molecule has 0 aliphatic carbocycles. The Hall–Kier alpha value is -0.0400. The second kappa shape index (κ2) is 6.66. The van der Waals surface area contributed by atoms with Gasteiger partial charge in [-0.3, -0.25) is 0 Å². The van der Waals surface area contributed by atoms with E-state index in [1.165, 1.54) is 7.11 Å². The first-order valence-corrected chi connectivity index (χ1v) is 4.37. The summed E-state index contributed by atoms with van der Waals surface area (Å²) >= 11 is 1.96. The summed E-state index contributed by atoms with van der Waals surface area (Å²) in [6.45, 7) is 2.38. The summed E-state index contributed by atoms with van der Waals surface area (Å²) in [5.41, 5.74) is 0. The van der Waals surface area contributed by atoms with Crippen molar-refractivity contribution >= 4 is 28.7 Å². The van der Waals surface area contributed by atoms with Crippen molar-refractivity contribution in [2.24, 2.45) is 0 Å². The van der Waals surface area contributed by atoms with Crippen molar-refractivity contribution in [3.8, 4) is 0 Å². The molecule has 0 fully saturated rings. The quantitative estimate of drug-likeness (QED) is 0.338. The van der Waals surface area contributed by atoms with Gasteiger partial charge in [-0.15, -0.1) is 0 Å². The molecular formula is C6H11IO4. The third kappa shape index (κ3) is 7.86. The second-order valence-electron chi connectivity index (χ2n) is 1.75. The molecule has 0 aromatic carbocycles. The van der Waals surface area contributed by atoms with Crippen LogP contribution in [0.5, 0.6) is 0 Å². The topological polar surface area (TPSA) is 44.8 Å². The number of halogens is 1. The third-order valence-electron chi connectivity index (χ3n) is 0.766. The first kappa shape index (κ1) is 11.0. The summed E-state index contributed by atoms with van der Waals surface area (Å²) in [4.78, 5) is 10.6. The SMILES string of the molecule is COCCOC(=O)OC(C)I. The van der Waals surface area contributed by atoms with Crippen molar-refractivity contribution in [2.75, 3.05) is 20.3 Å². The maximum Gasteiger partial charge on any atom is 0.509 e. The number of methoxy groups -OCH3 is 1. The first-order chi connectivity index (χ1) is 5.16. The van der Waals surface area contributed by atoms with Gasteiger partial charge in [0, 0.05) is 7.11 Å². The van der Waals surface area contributed by atoms with E-state index in [-0.39, 0.29) is 10.7 Å². The Bertz CT molecular complexity index is 115. The van der Waals surface area contributed by atoms with Crippen LogP contribution in [0.1, 0.15) is 6.92 Å². The zero-order valence-corrected chi connectivity index (χ0v) is 8.66. The summed E-state index contributed by atoms with van der Waals surface area (Å²) < 4.78 is 13.8. The summed E-state index contributed by atoms with van der Waals surface area (Å²) in [6, 6.07) is 0. The first-order valence-electron chi connectivity index (χ1n) is 3.13. The van der Waals surface area contributed by atoms with Crippen LogP contribution in [0, 0.1) is 0 Å². The smallest absolute Gasteiger partial charge is 0.432 e. The molecule has 0 aliphatic rings. The van der Waals surface area contributed by atoms with Crippen molar-refractivity contribution in [2.45, 2.75) is 11.0 Å². The number of hydrogen-bond acceptors (Lipinski definition) is 4. The maximum absolute atomic E-state index is 10.6. The van der Waals surface area contributed by atoms with E-state index >= 15 is 0 Å². The van der Waals surface area contributed by atoms with E-state index in [2.05, 4.69) is 14.2 Å². The Balaban J connectivity index is 3.23. The van der Waals surface area contributed by atoms with Crippen LogP contribution in [0.15, 0.2) is 0 Å². The van der Waals surface area contributed by atoms with Crippen LogP contribution in [0.2, 0.25) is 0 Å². The van der Waals surface area contributed by atoms with E-state index in [1.807, 2.05) is 22.6 Å². The van der Waals surface area contributed by atoms with Crippen LogP contribution in [0.3, 0.4) is 0 Å².